The van der Waals surface area contributed by atoms with E-state index in [1.165, 1.54) is 6.20 Å². The highest BCUT2D eigenvalue weighted by atomic mass is 32.1. The summed E-state index contributed by atoms with van der Waals surface area (Å²) >= 11 is 4.83. The van der Waals surface area contributed by atoms with Crippen LogP contribution in [-0.4, -0.2) is 34.3 Å². The van der Waals surface area contributed by atoms with Crippen molar-refractivity contribution in [2.24, 2.45) is 5.73 Å². The maximum Gasteiger partial charge on any atom is 0.325 e. The van der Waals surface area contributed by atoms with Gasteiger partial charge in [0.05, 0.1) is 18.4 Å². The maximum absolute atomic E-state index is 11.1. The fourth-order valence-corrected chi connectivity index (χ4v) is 1.19. The first-order valence-electron chi connectivity index (χ1n) is 4.66. The van der Waals surface area contributed by atoms with Crippen molar-refractivity contribution in [3.63, 3.8) is 0 Å². The van der Waals surface area contributed by atoms with Crippen LogP contribution in [0.5, 0.6) is 0 Å². The molecule has 0 radical (unpaired) electrons. The van der Waals surface area contributed by atoms with Crippen LogP contribution >= 0.6 is 12.2 Å². The Hall–Kier alpha value is -1.76. The molecule has 1 aromatic rings. The highest BCUT2D eigenvalue weighted by Crippen LogP contribution is 2.09. The minimum atomic E-state index is -0.373. The Morgan fingerprint density at radius 1 is 1.69 bits per heavy atom. The number of esters is 1. The van der Waals surface area contributed by atoms with Gasteiger partial charge < -0.3 is 15.8 Å². The van der Waals surface area contributed by atoms with E-state index in [0.717, 1.165) is 0 Å². The van der Waals surface area contributed by atoms with Gasteiger partial charge in [-0.15, -0.1) is 5.10 Å². The van der Waals surface area contributed by atoms with Crippen LogP contribution in [0.2, 0.25) is 0 Å². The predicted molar refractivity (Wildman–Crippen MR) is 63.0 cm³/mol. The van der Waals surface area contributed by atoms with E-state index < -0.39 is 0 Å². The van der Waals surface area contributed by atoms with Crippen LogP contribution in [-0.2, 0) is 9.53 Å². The van der Waals surface area contributed by atoms with Gasteiger partial charge in [-0.05, 0) is 13.0 Å². The van der Waals surface area contributed by atoms with E-state index in [1.54, 1.807) is 13.0 Å². The van der Waals surface area contributed by atoms with Gasteiger partial charge in [-0.1, -0.05) is 12.2 Å². The van der Waals surface area contributed by atoms with E-state index >= 15 is 0 Å². The number of carbonyl (C=O) groups excluding carboxylic acids is 1. The SMILES string of the molecule is CCOC(=O)CNc1nnccc1C(N)=S. The summed E-state index contributed by atoms with van der Waals surface area (Å²) in [4.78, 5) is 11.3. The molecule has 0 unspecified atom stereocenters. The summed E-state index contributed by atoms with van der Waals surface area (Å²) in [6.07, 6.45) is 1.48. The van der Waals surface area contributed by atoms with Gasteiger partial charge >= 0.3 is 5.97 Å². The summed E-state index contributed by atoms with van der Waals surface area (Å²) in [6.45, 7) is 2.08. The molecule has 0 spiro atoms. The number of thiocarbonyl (C=S) groups is 1. The van der Waals surface area contributed by atoms with Crippen molar-refractivity contribution in [3.8, 4) is 0 Å². The second kappa shape index (κ2) is 5.96. The Balaban J connectivity index is 2.66. The van der Waals surface area contributed by atoms with Crippen molar-refractivity contribution >= 4 is 29.0 Å². The largest absolute Gasteiger partial charge is 0.465 e. The summed E-state index contributed by atoms with van der Waals surface area (Å²) < 4.78 is 4.75. The molecular formula is C9H12N4O2S. The second-order valence-electron chi connectivity index (χ2n) is 2.82. The van der Waals surface area contributed by atoms with Gasteiger partial charge in [0.15, 0.2) is 5.82 Å². The highest BCUT2D eigenvalue weighted by Gasteiger charge is 2.08. The van der Waals surface area contributed by atoms with Gasteiger partial charge in [0, 0.05) is 0 Å². The number of ether oxygens (including phenoxy) is 1. The molecule has 1 rings (SSSR count). The molecule has 0 aliphatic heterocycles. The standard InChI is InChI=1S/C9H12N4O2S/c1-2-15-7(14)5-11-9-6(8(10)16)3-4-12-13-9/h3-4H,2,5H2,1H3,(H2,10,16)(H,11,13). The Labute approximate surface area is 98.2 Å². The summed E-state index contributed by atoms with van der Waals surface area (Å²) in [7, 11) is 0. The molecule has 0 aliphatic carbocycles. The first-order valence-corrected chi connectivity index (χ1v) is 5.07. The number of nitrogens with two attached hydrogens (primary N) is 1. The Morgan fingerprint density at radius 2 is 2.44 bits per heavy atom. The molecular weight excluding hydrogens is 228 g/mol. The molecule has 1 aromatic heterocycles. The fourth-order valence-electron chi connectivity index (χ4n) is 1.03. The van der Waals surface area contributed by atoms with Crippen molar-refractivity contribution in [2.45, 2.75) is 6.92 Å². The third kappa shape index (κ3) is 3.43. The van der Waals surface area contributed by atoms with Crippen LogP contribution in [0.25, 0.3) is 0 Å². The molecule has 0 fully saturated rings. The average molecular weight is 240 g/mol. The summed E-state index contributed by atoms with van der Waals surface area (Å²) in [5.41, 5.74) is 6.04. The van der Waals surface area contributed by atoms with Crippen LogP contribution in [0.1, 0.15) is 12.5 Å². The maximum atomic E-state index is 11.1. The van der Waals surface area contributed by atoms with Crippen molar-refractivity contribution in [3.05, 3.63) is 17.8 Å². The van der Waals surface area contributed by atoms with Crippen LogP contribution in [0.15, 0.2) is 12.3 Å². The van der Waals surface area contributed by atoms with Crippen LogP contribution in [0, 0.1) is 0 Å². The number of carbonyl (C=O) groups is 1. The molecule has 3 N–H and O–H groups in total. The number of nitrogens with zero attached hydrogens (tertiary/aromatic N) is 2. The topological polar surface area (TPSA) is 90.1 Å². The van der Waals surface area contributed by atoms with E-state index in [0.29, 0.717) is 18.0 Å². The summed E-state index contributed by atoms with van der Waals surface area (Å²) in [5.74, 6) is 0.00472. The van der Waals surface area contributed by atoms with Crippen LogP contribution in [0.3, 0.4) is 0 Å². The van der Waals surface area contributed by atoms with Crippen molar-refractivity contribution in [1.29, 1.82) is 0 Å². The van der Waals surface area contributed by atoms with E-state index in [1.807, 2.05) is 0 Å². The van der Waals surface area contributed by atoms with E-state index in [4.69, 9.17) is 22.7 Å². The lowest BCUT2D eigenvalue weighted by Crippen LogP contribution is -2.20. The second-order valence-corrected chi connectivity index (χ2v) is 3.26. The molecule has 16 heavy (non-hydrogen) atoms. The van der Waals surface area contributed by atoms with Gasteiger partial charge in [0.1, 0.15) is 11.5 Å². The molecule has 0 saturated carbocycles. The molecule has 0 atom stereocenters. The Bertz CT molecular complexity index is 397. The number of anilines is 1. The van der Waals surface area contributed by atoms with E-state index in [2.05, 4.69) is 15.5 Å². The predicted octanol–water partition coefficient (Wildman–Crippen LogP) is 0.0858. The molecule has 86 valence electrons. The Kier molecular flexibility index (Phi) is 4.59. The normalized spacial score (nSPS) is 9.56. The van der Waals surface area contributed by atoms with Gasteiger partial charge in [-0.2, -0.15) is 5.10 Å². The lowest BCUT2D eigenvalue weighted by atomic mass is 10.3. The van der Waals surface area contributed by atoms with Gasteiger partial charge in [0.25, 0.3) is 0 Å². The molecule has 6 nitrogen and oxygen atoms in total. The third-order valence-electron chi connectivity index (χ3n) is 1.69. The monoisotopic (exact) mass is 240 g/mol. The summed E-state index contributed by atoms with van der Waals surface area (Å²) in [5, 5.41) is 10.2. The Morgan fingerprint density at radius 3 is 3.06 bits per heavy atom. The number of hydrogen-bond acceptors (Lipinski definition) is 6. The molecule has 0 aromatic carbocycles. The molecule has 0 amide bonds. The molecule has 1 heterocycles. The fraction of sp³-hybridized carbons (Fsp3) is 0.333. The molecule has 7 heteroatoms. The number of rotatable bonds is 5. The zero-order chi connectivity index (χ0) is 12.0. The first-order chi connectivity index (χ1) is 7.65. The van der Waals surface area contributed by atoms with Crippen LogP contribution < -0.4 is 11.1 Å². The number of nitrogens with one attached hydrogen (secondary N) is 1. The van der Waals surface area contributed by atoms with Gasteiger partial charge in [-0.3, -0.25) is 4.79 Å². The van der Waals surface area contributed by atoms with Gasteiger partial charge in [0.2, 0.25) is 0 Å². The minimum Gasteiger partial charge on any atom is -0.465 e. The number of aromatic nitrogens is 2. The number of hydrogen-bond donors (Lipinski definition) is 2. The van der Waals surface area contributed by atoms with Crippen molar-refractivity contribution < 1.29 is 9.53 Å². The van der Waals surface area contributed by atoms with Crippen molar-refractivity contribution in [2.75, 3.05) is 18.5 Å². The van der Waals surface area contributed by atoms with Crippen LogP contribution in [0.4, 0.5) is 5.82 Å². The van der Waals surface area contributed by atoms with E-state index in [9.17, 15) is 4.79 Å². The highest BCUT2D eigenvalue weighted by molar-refractivity contribution is 7.80. The lowest BCUT2D eigenvalue weighted by Gasteiger charge is -2.07. The average Bonchev–Trinajstić information content (AvgIpc) is 2.27. The van der Waals surface area contributed by atoms with Gasteiger partial charge in [-0.25, -0.2) is 0 Å². The quantitative estimate of drug-likeness (QED) is 0.556. The summed E-state index contributed by atoms with van der Waals surface area (Å²) in [6, 6.07) is 1.63. The molecule has 0 bridgehead atoms. The van der Waals surface area contributed by atoms with E-state index in [-0.39, 0.29) is 17.5 Å². The molecule has 0 saturated heterocycles. The zero-order valence-electron chi connectivity index (χ0n) is 8.77. The molecule has 0 aliphatic rings. The zero-order valence-corrected chi connectivity index (χ0v) is 9.58. The van der Waals surface area contributed by atoms with Crippen molar-refractivity contribution in [1.82, 2.24) is 10.2 Å². The lowest BCUT2D eigenvalue weighted by molar-refractivity contribution is -0.140. The first kappa shape index (κ1) is 12.3. The third-order valence-corrected chi connectivity index (χ3v) is 1.91. The minimum absolute atomic E-state index is 0.00213. The smallest absolute Gasteiger partial charge is 0.325 e.